The van der Waals surface area contributed by atoms with Gasteiger partial charge in [-0.3, -0.25) is 4.98 Å². The van der Waals surface area contributed by atoms with Crippen LogP contribution in [0.4, 0.5) is 0 Å². The number of nitrogens with zero attached hydrogens (tertiary/aromatic N) is 3. The highest BCUT2D eigenvalue weighted by Gasteiger charge is 2.10. The molecule has 78 valence electrons. The van der Waals surface area contributed by atoms with Gasteiger partial charge >= 0.3 is 0 Å². The highest BCUT2D eigenvalue weighted by molar-refractivity contribution is 9.10. The van der Waals surface area contributed by atoms with Crippen molar-refractivity contribution in [3.63, 3.8) is 0 Å². The molecule has 2 aromatic heterocycles. The summed E-state index contributed by atoms with van der Waals surface area (Å²) in [4.78, 5) is 4.25. The smallest absolute Gasteiger partial charge is 0.167 e. The minimum absolute atomic E-state index is 0.567. The van der Waals surface area contributed by atoms with Gasteiger partial charge in [-0.25, -0.2) is 0 Å². The van der Waals surface area contributed by atoms with Crippen LogP contribution < -0.4 is 0 Å². The number of alkyl halides is 1. The molecule has 2 aromatic rings. The van der Waals surface area contributed by atoms with E-state index in [-0.39, 0.29) is 0 Å². The van der Waals surface area contributed by atoms with E-state index in [0.717, 1.165) is 26.6 Å². The molecule has 0 fully saturated rings. The van der Waals surface area contributed by atoms with Gasteiger partial charge in [0.25, 0.3) is 0 Å². The van der Waals surface area contributed by atoms with Gasteiger partial charge in [0.1, 0.15) is 10.7 Å². The third kappa shape index (κ3) is 2.53. The number of halogens is 2. The van der Waals surface area contributed by atoms with Crippen molar-refractivity contribution in [2.75, 3.05) is 5.88 Å². The van der Waals surface area contributed by atoms with Gasteiger partial charge in [0, 0.05) is 23.0 Å². The first-order chi connectivity index (χ1) is 7.31. The van der Waals surface area contributed by atoms with Gasteiger partial charge < -0.3 is 0 Å². The van der Waals surface area contributed by atoms with Crippen molar-refractivity contribution in [1.82, 2.24) is 15.2 Å². The van der Waals surface area contributed by atoms with Crippen molar-refractivity contribution in [3.05, 3.63) is 27.8 Å². The minimum atomic E-state index is 0.567. The van der Waals surface area contributed by atoms with E-state index in [1.165, 1.54) is 11.3 Å². The Hall–Kier alpha value is -0.520. The molecule has 0 N–H and O–H groups in total. The van der Waals surface area contributed by atoms with E-state index in [0.29, 0.717) is 5.88 Å². The van der Waals surface area contributed by atoms with E-state index < -0.39 is 0 Å². The average Bonchev–Trinajstić information content (AvgIpc) is 2.68. The van der Waals surface area contributed by atoms with Crippen molar-refractivity contribution < 1.29 is 0 Å². The maximum atomic E-state index is 5.64. The van der Waals surface area contributed by atoms with Gasteiger partial charge in [-0.05, 0) is 28.1 Å². The zero-order valence-corrected chi connectivity index (χ0v) is 10.8. The number of rotatable bonds is 3. The number of aromatic nitrogens is 3. The molecular formula is C9H7BrClN3S. The maximum Gasteiger partial charge on any atom is 0.167 e. The molecule has 0 radical (unpaired) electrons. The van der Waals surface area contributed by atoms with Gasteiger partial charge in [-0.15, -0.1) is 21.8 Å². The molecule has 0 aromatic carbocycles. The molecular weight excluding hydrogens is 298 g/mol. The SMILES string of the molecule is ClCCc1nnc(-c2ncccc2Br)s1. The summed E-state index contributed by atoms with van der Waals surface area (Å²) in [6.07, 6.45) is 2.49. The predicted molar refractivity (Wildman–Crippen MR) is 65.3 cm³/mol. The van der Waals surface area contributed by atoms with Crippen LogP contribution in [-0.4, -0.2) is 21.1 Å². The van der Waals surface area contributed by atoms with E-state index in [1.807, 2.05) is 12.1 Å². The van der Waals surface area contributed by atoms with E-state index in [2.05, 4.69) is 31.1 Å². The molecule has 0 saturated carbocycles. The molecule has 15 heavy (non-hydrogen) atoms. The second kappa shape index (κ2) is 5.01. The molecule has 0 aliphatic rings. The predicted octanol–water partition coefficient (Wildman–Crippen LogP) is 3.14. The first-order valence-corrected chi connectivity index (χ1v) is 6.45. The zero-order valence-electron chi connectivity index (χ0n) is 7.65. The van der Waals surface area contributed by atoms with Crippen LogP contribution in [0.1, 0.15) is 5.01 Å². The quantitative estimate of drug-likeness (QED) is 0.818. The molecule has 0 aliphatic heterocycles. The molecule has 0 saturated heterocycles. The molecule has 6 heteroatoms. The highest BCUT2D eigenvalue weighted by Crippen LogP contribution is 2.28. The summed E-state index contributed by atoms with van der Waals surface area (Å²) in [5.41, 5.74) is 0.829. The van der Waals surface area contributed by atoms with Gasteiger partial charge in [-0.2, -0.15) is 0 Å². The Morgan fingerprint density at radius 1 is 1.40 bits per heavy atom. The van der Waals surface area contributed by atoms with Crippen LogP contribution >= 0.6 is 38.9 Å². The van der Waals surface area contributed by atoms with Crippen molar-refractivity contribution in [2.45, 2.75) is 6.42 Å². The van der Waals surface area contributed by atoms with Crippen LogP contribution in [0, 0.1) is 0 Å². The second-order valence-corrected chi connectivity index (χ2v) is 5.07. The topological polar surface area (TPSA) is 38.7 Å². The Morgan fingerprint density at radius 2 is 2.27 bits per heavy atom. The molecule has 2 heterocycles. The monoisotopic (exact) mass is 303 g/mol. The van der Waals surface area contributed by atoms with E-state index in [4.69, 9.17) is 11.6 Å². The summed E-state index contributed by atoms with van der Waals surface area (Å²) in [7, 11) is 0. The van der Waals surface area contributed by atoms with Crippen LogP contribution in [0.2, 0.25) is 0 Å². The van der Waals surface area contributed by atoms with Crippen molar-refractivity contribution in [3.8, 4) is 10.7 Å². The molecule has 0 aliphatic carbocycles. The number of hydrogen-bond acceptors (Lipinski definition) is 4. The Kier molecular flexibility index (Phi) is 3.66. The number of hydrogen-bond donors (Lipinski definition) is 0. The second-order valence-electron chi connectivity index (χ2n) is 2.77. The summed E-state index contributed by atoms with van der Waals surface area (Å²) in [5, 5.41) is 9.89. The van der Waals surface area contributed by atoms with Gasteiger partial charge in [-0.1, -0.05) is 11.3 Å². The van der Waals surface area contributed by atoms with Gasteiger partial charge in [0.15, 0.2) is 5.01 Å². The Balaban J connectivity index is 2.33. The van der Waals surface area contributed by atoms with Crippen molar-refractivity contribution in [2.24, 2.45) is 0 Å². The largest absolute Gasteiger partial charge is 0.252 e. The Bertz CT molecular complexity index is 460. The lowest BCUT2D eigenvalue weighted by molar-refractivity contribution is 0.987. The van der Waals surface area contributed by atoms with Crippen LogP contribution in [0.25, 0.3) is 10.7 Å². The summed E-state index contributed by atoms with van der Waals surface area (Å²) < 4.78 is 0.929. The minimum Gasteiger partial charge on any atom is -0.252 e. The van der Waals surface area contributed by atoms with Crippen LogP contribution in [0.15, 0.2) is 22.8 Å². The Morgan fingerprint density at radius 3 is 3.00 bits per heavy atom. The lowest BCUT2D eigenvalue weighted by Crippen LogP contribution is -1.84. The third-order valence-electron chi connectivity index (χ3n) is 1.74. The molecule has 0 unspecified atom stereocenters. The highest BCUT2D eigenvalue weighted by atomic mass is 79.9. The van der Waals surface area contributed by atoms with E-state index in [1.54, 1.807) is 6.20 Å². The fraction of sp³-hybridized carbons (Fsp3) is 0.222. The molecule has 2 rings (SSSR count). The standard InChI is InChI=1S/C9H7BrClN3S/c10-6-2-1-5-12-8(6)9-14-13-7(15-9)3-4-11/h1-2,5H,3-4H2. The van der Waals surface area contributed by atoms with Crippen LogP contribution in [0.5, 0.6) is 0 Å². The van der Waals surface area contributed by atoms with E-state index in [9.17, 15) is 0 Å². The third-order valence-corrected chi connectivity index (χ3v) is 3.55. The molecule has 3 nitrogen and oxygen atoms in total. The first kappa shape index (κ1) is 11.0. The van der Waals surface area contributed by atoms with E-state index >= 15 is 0 Å². The Labute approximate surface area is 105 Å². The summed E-state index contributed by atoms with van der Waals surface area (Å²) in [6, 6.07) is 3.80. The van der Waals surface area contributed by atoms with Gasteiger partial charge in [0.05, 0.1) is 0 Å². The molecule has 0 atom stereocenters. The average molecular weight is 305 g/mol. The fourth-order valence-corrected chi connectivity index (χ4v) is 2.79. The lowest BCUT2D eigenvalue weighted by Gasteiger charge is -1.95. The normalized spacial score (nSPS) is 10.5. The molecule has 0 spiro atoms. The summed E-state index contributed by atoms with van der Waals surface area (Å²) in [5.74, 6) is 0.567. The molecule has 0 bridgehead atoms. The lowest BCUT2D eigenvalue weighted by atomic mass is 10.4. The van der Waals surface area contributed by atoms with Crippen molar-refractivity contribution >= 4 is 38.9 Å². The number of aryl methyl sites for hydroxylation is 1. The molecule has 0 amide bonds. The zero-order chi connectivity index (χ0) is 10.7. The van der Waals surface area contributed by atoms with Gasteiger partial charge in [0.2, 0.25) is 0 Å². The fourth-order valence-electron chi connectivity index (χ4n) is 1.07. The van der Waals surface area contributed by atoms with Crippen LogP contribution in [-0.2, 0) is 6.42 Å². The summed E-state index contributed by atoms with van der Waals surface area (Å²) >= 11 is 10.6. The summed E-state index contributed by atoms with van der Waals surface area (Å²) in [6.45, 7) is 0. The number of pyridine rings is 1. The van der Waals surface area contributed by atoms with Crippen molar-refractivity contribution in [1.29, 1.82) is 0 Å². The first-order valence-electron chi connectivity index (χ1n) is 4.30. The van der Waals surface area contributed by atoms with Crippen LogP contribution in [0.3, 0.4) is 0 Å². The maximum absolute atomic E-state index is 5.64.